The maximum Gasteiger partial charge on any atom is 0.245 e. The predicted octanol–water partition coefficient (Wildman–Crippen LogP) is -1.98. The molecule has 5 atom stereocenters. The highest BCUT2D eigenvalue weighted by Gasteiger charge is 2.44. The number of amides is 1. The highest BCUT2D eigenvalue weighted by atomic mass is 79.9. The fourth-order valence-electron chi connectivity index (χ4n) is 1.48. The van der Waals surface area contributed by atoms with E-state index < -0.39 is 46.9 Å². The third kappa shape index (κ3) is 3.60. The Kier molecular flexibility index (Phi) is 5.77. The molecular formula is C8H13Br2NO6. The van der Waals surface area contributed by atoms with Crippen molar-refractivity contribution in [3.8, 4) is 0 Å². The fourth-order valence-corrected chi connectivity index (χ4v) is 1.74. The van der Waals surface area contributed by atoms with Gasteiger partial charge in [0.25, 0.3) is 0 Å². The highest BCUT2D eigenvalue weighted by Crippen LogP contribution is 2.20. The molecule has 1 amide bonds. The second kappa shape index (κ2) is 6.41. The van der Waals surface area contributed by atoms with E-state index in [-0.39, 0.29) is 0 Å². The summed E-state index contributed by atoms with van der Waals surface area (Å²) < 4.78 is 4.17. The Hall–Kier alpha value is 0.230. The Morgan fingerprint density at radius 2 is 1.88 bits per heavy atom. The number of hydrogen-bond donors (Lipinski definition) is 5. The van der Waals surface area contributed by atoms with Crippen molar-refractivity contribution in [1.29, 1.82) is 0 Å². The summed E-state index contributed by atoms with van der Waals surface area (Å²) in [6.07, 6.45) is -5.42. The number of carbonyl (C=O) groups is 1. The number of aliphatic hydroxyl groups is 4. The summed E-state index contributed by atoms with van der Waals surface area (Å²) in [4.78, 5) is 11.3. The first-order chi connectivity index (χ1) is 7.88. The zero-order chi connectivity index (χ0) is 13.2. The molecule has 1 aliphatic heterocycles. The van der Waals surface area contributed by atoms with E-state index >= 15 is 0 Å². The minimum absolute atomic E-state index is 0.536. The Morgan fingerprint density at radius 3 is 2.35 bits per heavy atom. The van der Waals surface area contributed by atoms with Crippen molar-refractivity contribution in [2.24, 2.45) is 0 Å². The van der Waals surface area contributed by atoms with Crippen LogP contribution in [0.25, 0.3) is 0 Å². The van der Waals surface area contributed by atoms with Crippen LogP contribution in [0.1, 0.15) is 0 Å². The molecule has 1 rings (SSSR count). The predicted molar refractivity (Wildman–Crippen MR) is 63.6 cm³/mol. The SMILES string of the molecule is O=C(N[C@H]1C(O)O[C@H](CO)[C@H](O)[C@@H]1O)C(Br)Br. The molecule has 0 aromatic rings. The number of aliphatic hydroxyl groups excluding tert-OH is 4. The summed E-state index contributed by atoms with van der Waals surface area (Å²) in [5.41, 5.74) is 0. The normalized spacial score (nSPS) is 38.2. The van der Waals surface area contributed by atoms with E-state index in [1.807, 2.05) is 0 Å². The first-order valence-corrected chi connectivity index (χ1v) is 6.60. The second-order valence-electron chi connectivity index (χ2n) is 3.56. The molecule has 9 heteroatoms. The molecule has 17 heavy (non-hydrogen) atoms. The first-order valence-electron chi connectivity index (χ1n) is 4.77. The van der Waals surface area contributed by atoms with Crippen molar-refractivity contribution >= 4 is 37.8 Å². The van der Waals surface area contributed by atoms with Crippen LogP contribution >= 0.6 is 31.9 Å². The standard InChI is InChI=1S/C8H13Br2NO6/c9-6(10)7(15)11-3-5(14)4(13)2(1-12)17-8(3)16/h2-6,8,12-14,16H,1H2,(H,11,15)/t2-,3-,4+,5-,8?/m1/s1. The Bertz CT molecular complexity index is 279. The summed E-state index contributed by atoms with van der Waals surface area (Å²) in [7, 11) is 0. The topological polar surface area (TPSA) is 119 Å². The maximum absolute atomic E-state index is 11.3. The van der Waals surface area contributed by atoms with Crippen LogP contribution in [0.3, 0.4) is 0 Å². The minimum Gasteiger partial charge on any atom is -0.394 e. The number of hydrogen-bond acceptors (Lipinski definition) is 6. The summed E-state index contributed by atoms with van der Waals surface area (Å²) in [6, 6.07) is -1.17. The zero-order valence-corrected chi connectivity index (χ0v) is 11.7. The first kappa shape index (κ1) is 15.3. The van der Waals surface area contributed by atoms with Gasteiger partial charge in [-0.2, -0.15) is 0 Å². The van der Waals surface area contributed by atoms with Crippen molar-refractivity contribution < 1.29 is 30.0 Å². The average Bonchev–Trinajstić information content (AvgIpc) is 2.28. The van der Waals surface area contributed by atoms with Gasteiger partial charge in [-0.15, -0.1) is 0 Å². The van der Waals surface area contributed by atoms with E-state index in [1.54, 1.807) is 0 Å². The van der Waals surface area contributed by atoms with Gasteiger partial charge in [0, 0.05) is 0 Å². The zero-order valence-electron chi connectivity index (χ0n) is 8.53. The van der Waals surface area contributed by atoms with Gasteiger partial charge in [0.05, 0.1) is 6.61 Å². The largest absolute Gasteiger partial charge is 0.394 e. The molecule has 0 aromatic heterocycles. The summed E-state index contributed by atoms with van der Waals surface area (Å²) >= 11 is 5.89. The van der Waals surface area contributed by atoms with E-state index in [4.69, 9.17) is 9.84 Å². The van der Waals surface area contributed by atoms with Crippen molar-refractivity contribution in [1.82, 2.24) is 5.32 Å². The number of rotatable bonds is 3. The van der Waals surface area contributed by atoms with E-state index in [2.05, 4.69) is 37.2 Å². The molecule has 0 radical (unpaired) electrons. The molecule has 100 valence electrons. The third-order valence-electron chi connectivity index (χ3n) is 2.41. The second-order valence-corrected chi connectivity index (χ2v) is 6.62. The van der Waals surface area contributed by atoms with Gasteiger partial charge in [-0.1, -0.05) is 31.9 Å². The van der Waals surface area contributed by atoms with E-state index in [9.17, 15) is 20.1 Å². The molecule has 0 bridgehead atoms. The molecule has 1 saturated heterocycles. The lowest BCUT2D eigenvalue weighted by atomic mass is 9.97. The molecule has 5 N–H and O–H groups in total. The van der Waals surface area contributed by atoms with Gasteiger partial charge in [0.1, 0.15) is 28.1 Å². The van der Waals surface area contributed by atoms with E-state index in [1.165, 1.54) is 0 Å². The summed E-state index contributed by atoms with van der Waals surface area (Å²) in [5, 5.41) is 39.9. The molecule has 1 heterocycles. The summed E-state index contributed by atoms with van der Waals surface area (Å²) in [5.74, 6) is -0.536. The van der Waals surface area contributed by atoms with Crippen LogP contribution < -0.4 is 5.32 Å². The smallest absolute Gasteiger partial charge is 0.245 e. The Labute approximate surface area is 114 Å². The van der Waals surface area contributed by atoms with Gasteiger partial charge in [-0.3, -0.25) is 4.79 Å². The molecule has 0 aliphatic carbocycles. The minimum atomic E-state index is -1.51. The number of halogens is 2. The third-order valence-corrected chi connectivity index (χ3v) is 3.24. The molecule has 0 saturated carbocycles. The number of nitrogens with one attached hydrogen (secondary N) is 1. The van der Waals surface area contributed by atoms with Crippen LogP contribution in [-0.2, 0) is 9.53 Å². The molecular weight excluding hydrogens is 366 g/mol. The van der Waals surface area contributed by atoms with Gasteiger partial charge in [0.2, 0.25) is 5.91 Å². The fraction of sp³-hybridized carbons (Fsp3) is 0.875. The van der Waals surface area contributed by atoms with Crippen LogP contribution in [0.2, 0.25) is 0 Å². The van der Waals surface area contributed by atoms with Crippen LogP contribution in [0.4, 0.5) is 0 Å². The Morgan fingerprint density at radius 1 is 1.29 bits per heavy atom. The van der Waals surface area contributed by atoms with E-state index in [0.29, 0.717) is 0 Å². The number of ether oxygens (including phenoxy) is 1. The lowest BCUT2D eigenvalue weighted by molar-refractivity contribution is -0.253. The lowest BCUT2D eigenvalue weighted by Gasteiger charge is -2.40. The maximum atomic E-state index is 11.3. The summed E-state index contributed by atoms with van der Waals surface area (Å²) in [6.45, 7) is -0.546. The van der Waals surface area contributed by atoms with Gasteiger partial charge in [-0.05, 0) is 0 Å². The van der Waals surface area contributed by atoms with Gasteiger partial charge >= 0.3 is 0 Å². The van der Waals surface area contributed by atoms with Crippen molar-refractivity contribution in [3.63, 3.8) is 0 Å². The Balaban J connectivity index is 2.69. The lowest BCUT2D eigenvalue weighted by Crippen LogP contribution is -2.64. The average molecular weight is 379 g/mol. The highest BCUT2D eigenvalue weighted by molar-refractivity contribution is 9.25. The molecule has 1 unspecified atom stereocenters. The van der Waals surface area contributed by atoms with Gasteiger partial charge in [0.15, 0.2) is 6.29 Å². The van der Waals surface area contributed by atoms with E-state index in [0.717, 1.165) is 0 Å². The molecule has 1 aliphatic rings. The van der Waals surface area contributed by atoms with Crippen molar-refractivity contribution in [2.75, 3.05) is 6.61 Å². The molecule has 1 fully saturated rings. The van der Waals surface area contributed by atoms with Gasteiger partial charge in [-0.25, -0.2) is 0 Å². The van der Waals surface area contributed by atoms with Gasteiger partial charge < -0.3 is 30.5 Å². The molecule has 0 aromatic carbocycles. The van der Waals surface area contributed by atoms with Crippen LogP contribution in [0.15, 0.2) is 0 Å². The molecule has 0 spiro atoms. The van der Waals surface area contributed by atoms with Crippen molar-refractivity contribution in [2.45, 2.75) is 34.4 Å². The van der Waals surface area contributed by atoms with Crippen LogP contribution in [0, 0.1) is 0 Å². The number of alkyl halides is 2. The quantitative estimate of drug-likeness (QED) is 0.363. The van der Waals surface area contributed by atoms with Crippen molar-refractivity contribution in [3.05, 3.63) is 0 Å². The monoisotopic (exact) mass is 377 g/mol. The van der Waals surface area contributed by atoms with Crippen LogP contribution in [0.5, 0.6) is 0 Å². The number of carbonyl (C=O) groups excluding carboxylic acids is 1. The van der Waals surface area contributed by atoms with Crippen LogP contribution in [-0.4, -0.2) is 67.3 Å². The molecule has 7 nitrogen and oxygen atoms in total.